The van der Waals surface area contributed by atoms with Gasteiger partial charge in [-0.15, -0.1) is 0 Å². The fourth-order valence-corrected chi connectivity index (χ4v) is 2.10. The second kappa shape index (κ2) is 6.43. The van der Waals surface area contributed by atoms with Gasteiger partial charge in [0, 0.05) is 18.5 Å². The van der Waals surface area contributed by atoms with Gasteiger partial charge in [-0.3, -0.25) is 4.79 Å². The van der Waals surface area contributed by atoms with Crippen molar-refractivity contribution in [3.05, 3.63) is 28.8 Å². The summed E-state index contributed by atoms with van der Waals surface area (Å²) in [5, 5.41) is 2.94. The number of amides is 1. The maximum absolute atomic E-state index is 11.6. The summed E-state index contributed by atoms with van der Waals surface area (Å²) < 4.78 is 5.39. The Morgan fingerprint density at radius 2 is 2.00 bits per heavy atom. The molecule has 0 radical (unpaired) electrons. The first-order valence-electron chi connectivity index (χ1n) is 6.34. The number of carbonyl (C=O) groups excluding carboxylic acids is 1. The van der Waals surface area contributed by atoms with E-state index in [1.54, 1.807) is 7.11 Å². The fourth-order valence-electron chi connectivity index (χ4n) is 2.10. The van der Waals surface area contributed by atoms with Crippen LogP contribution in [0.25, 0.3) is 0 Å². The van der Waals surface area contributed by atoms with Crippen molar-refractivity contribution in [1.82, 2.24) is 5.32 Å². The van der Waals surface area contributed by atoms with Gasteiger partial charge in [0.15, 0.2) is 0 Å². The largest absolute Gasteiger partial charge is 0.496 e. The summed E-state index contributed by atoms with van der Waals surface area (Å²) in [6, 6.07) is 4.14. The van der Waals surface area contributed by atoms with Gasteiger partial charge in [0.25, 0.3) is 0 Å². The van der Waals surface area contributed by atoms with E-state index in [0.717, 1.165) is 16.9 Å². The normalized spacial score (nSPS) is 10.6. The molecule has 0 atom stereocenters. The number of carbonyl (C=O) groups is 1. The third-order valence-corrected chi connectivity index (χ3v) is 2.77. The molecule has 1 aromatic carbocycles. The lowest BCUT2D eigenvalue weighted by atomic mass is 10.1. The van der Waals surface area contributed by atoms with E-state index in [0.29, 0.717) is 18.9 Å². The van der Waals surface area contributed by atoms with E-state index >= 15 is 0 Å². The summed E-state index contributed by atoms with van der Waals surface area (Å²) in [5.74, 6) is 1.34. The summed E-state index contributed by atoms with van der Waals surface area (Å²) in [6.07, 6.45) is 0.563. The lowest BCUT2D eigenvalue weighted by Crippen LogP contribution is -2.24. The molecule has 1 amide bonds. The van der Waals surface area contributed by atoms with Gasteiger partial charge < -0.3 is 10.1 Å². The average Bonchev–Trinajstić information content (AvgIpc) is 2.24. The Hall–Kier alpha value is -1.51. The van der Waals surface area contributed by atoms with Crippen LogP contribution in [0.5, 0.6) is 5.75 Å². The number of aryl methyl sites for hydroxylation is 2. The maximum atomic E-state index is 11.6. The summed E-state index contributed by atoms with van der Waals surface area (Å²) in [5.41, 5.74) is 3.32. The van der Waals surface area contributed by atoms with Crippen LogP contribution >= 0.6 is 0 Å². The molecular weight excluding hydrogens is 226 g/mol. The van der Waals surface area contributed by atoms with E-state index in [9.17, 15) is 4.79 Å². The first-order chi connectivity index (χ1) is 8.43. The Morgan fingerprint density at radius 3 is 2.56 bits per heavy atom. The molecule has 3 nitrogen and oxygen atoms in total. The van der Waals surface area contributed by atoms with E-state index in [-0.39, 0.29) is 5.91 Å². The number of hydrogen-bond acceptors (Lipinski definition) is 2. The summed E-state index contributed by atoms with van der Waals surface area (Å²) >= 11 is 0. The topological polar surface area (TPSA) is 38.3 Å². The third kappa shape index (κ3) is 4.06. The van der Waals surface area contributed by atoms with Crippen molar-refractivity contribution in [2.45, 2.75) is 40.7 Å². The quantitative estimate of drug-likeness (QED) is 0.871. The fraction of sp³-hybridized carbons (Fsp3) is 0.533. The molecule has 0 aliphatic heterocycles. The van der Waals surface area contributed by atoms with Crippen LogP contribution in [0.2, 0.25) is 0 Å². The molecule has 0 spiro atoms. The SMILES string of the molecule is COc1c(C)cc(C)cc1CNC(=O)CC(C)C. The van der Waals surface area contributed by atoms with Gasteiger partial charge in [-0.1, -0.05) is 31.5 Å². The first-order valence-corrected chi connectivity index (χ1v) is 6.34. The van der Waals surface area contributed by atoms with Gasteiger partial charge in [0.2, 0.25) is 5.91 Å². The zero-order chi connectivity index (χ0) is 13.7. The first kappa shape index (κ1) is 14.6. The van der Waals surface area contributed by atoms with Crippen molar-refractivity contribution >= 4 is 5.91 Å². The van der Waals surface area contributed by atoms with E-state index in [4.69, 9.17) is 4.74 Å². The Morgan fingerprint density at radius 1 is 1.33 bits per heavy atom. The molecule has 18 heavy (non-hydrogen) atoms. The van der Waals surface area contributed by atoms with Crippen LogP contribution in [0.4, 0.5) is 0 Å². The van der Waals surface area contributed by atoms with Crippen molar-refractivity contribution in [1.29, 1.82) is 0 Å². The van der Waals surface area contributed by atoms with Crippen molar-refractivity contribution < 1.29 is 9.53 Å². The van der Waals surface area contributed by atoms with Gasteiger partial charge in [-0.2, -0.15) is 0 Å². The van der Waals surface area contributed by atoms with Gasteiger partial charge in [-0.25, -0.2) is 0 Å². The molecule has 1 rings (SSSR count). The van der Waals surface area contributed by atoms with E-state index in [1.807, 2.05) is 27.7 Å². The predicted octanol–water partition coefficient (Wildman–Crippen LogP) is 2.97. The van der Waals surface area contributed by atoms with Crippen LogP contribution in [0.3, 0.4) is 0 Å². The monoisotopic (exact) mass is 249 g/mol. The molecular formula is C15H23NO2. The number of methoxy groups -OCH3 is 1. The summed E-state index contributed by atoms with van der Waals surface area (Å²) in [6.45, 7) is 8.67. The highest BCUT2D eigenvalue weighted by Gasteiger charge is 2.09. The zero-order valence-electron chi connectivity index (χ0n) is 12.0. The van der Waals surface area contributed by atoms with E-state index < -0.39 is 0 Å². The molecule has 0 unspecified atom stereocenters. The van der Waals surface area contributed by atoms with E-state index in [2.05, 4.69) is 17.4 Å². The number of nitrogens with one attached hydrogen (secondary N) is 1. The lowest BCUT2D eigenvalue weighted by Gasteiger charge is -2.14. The zero-order valence-corrected chi connectivity index (χ0v) is 12.0. The second-order valence-electron chi connectivity index (χ2n) is 5.15. The van der Waals surface area contributed by atoms with Crippen molar-refractivity contribution in [3.63, 3.8) is 0 Å². The third-order valence-electron chi connectivity index (χ3n) is 2.77. The molecule has 0 heterocycles. The highest BCUT2D eigenvalue weighted by molar-refractivity contribution is 5.76. The summed E-state index contributed by atoms with van der Waals surface area (Å²) in [4.78, 5) is 11.6. The second-order valence-corrected chi connectivity index (χ2v) is 5.15. The molecule has 0 saturated heterocycles. The van der Waals surface area contributed by atoms with Crippen molar-refractivity contribution in [3.8, 4) is 5.75 Å². The van der Waals surface area contributed by atoms with Gasteiger partial charge in [-0.05, 0) is 25.3 Å². The minimum Gasteiger partial charge on any atom is -0.496 e. The number of benzene rings is 1. The Bertz CT molecular complexity index is 425. The molecule has 0 aromatic heterocycles. The Balaban J connectivity index is 2.75. The van der Waals surface area contributed by atoms with Crippen LogP contribution in [-0.2, 0) is 11.3 Å². The molecule has 0 aliphatic rings. The van der Waals surface area contributed by atoms with Crippen LogP contribution < -0.4 is 10.1 Å². The van der Waals surface area contributed by atoms with Crippen molar-refractivity contribution in [2.75, 3.05) is 7.11 Å². The molecule has 0 fully saturated rings. The molecule has 0 aliphatic carbocycles. The molecule has 1 aromatic rings. The van der Waals surface area contributed by atoms with Crippen LogP contribution in [0.1, 0.15) is 37.0 Å². The van der Waals surface area contributed by atoms with Crippen LogP contribution in [0.15, 0.2) is 12.1 Å². The standard InChI is InChI=1S/C15H23NO2/c1-10(2)6-14(17)16-9-13-8-11(3)7-12(4)15(13)18-5/h7-8,10H,6,9H2,1-5H3,(H,16,17). The molecule has 1 N–H and O–H groups in total. The highest BCUT2D eigenvalue weighted by atomic mass is 16.5. The smallest absolute Gasteiger partial charge is 0.220 e. The van der Waals surface area contributed by atoms with E-state index in [1.165, 1.54) is 5.56 Å². The molecule has 3 heteroatoms. The maximum Gasteiger partial charge on any atom is 0.220 e. The molecule has 0 saturated carbocycles. The number of ether oxygens (including phenoxy) is 1. The minimum atomic E-state index is 0.0891. The van der Waals surface area contributed by atoms with Gasteiger partial charge in [0.05, 0.1) is 7.11 Å². The Labute approximate surface area is 110 Å². The van der Waals surface area contributed by atoms with Gasteiger partial charge >= 0.3 is 0 Å². The highest BCUT2D eigenvalue weighted by Crippen LogP contribution is 2.24. The predicted molar refractivity (Wildman–Crippen MR) is 73.8 cm³/mol. The summed E-state index contributed by atoms with van der Waals surface area (Å²) in [7, 11) is 1.66. The van der Waals surface area contributed by atoms with Crippen LogP contribution in [0, 0.1) is 19.8 Å². The number of rotatable bonds is 5. The minimum absolute atomic E-state index is 0.0891. The average molecular weight is 249 g/mol. The van der Waals surface area contributed by atoms with Crippen molar-refractivity contribution in [2.24, 2.45) is 5.92 Å². The molecule has 0 bridgehead atoms. The lowest BCUT2D eigenvalue weighted by molar-refractivity contribution is -0.121. The molecule has 100 valence electrons. The van der Waals surface area contributed by atoms with Gasteiger partial charge in [0.1, 0.15) is 5.75 Å². The Kier molecular flexibility index (Phi) is 5.20. The van der Waals surface area contributed by atoms with Crippen LogP contribution in [-0.4, -0.2) is 13.0 Å². The number of hydrogen-bond donors (Lipinski definition) is 1.